The summed E-state index contributed by atoms with van der Waals surface area (Å²) in [5.41, 5.74) is 3.79. The van der Waals surface area contributed by atoms with Crippen molar-refractivity contribution in [2.45, 2.75) is 26.8 Å². The summed E-state index contributed by atoms with van der Waals surface area (Å²) in [7, 11) is 0. The maximum atomic E-state index is 12.1. The van der Waals surface area contributed by atoms with E-state index in [-0.39, 0.29) is 17.9 Å². The minimum absolute atomic E-state index is 0.120. The average molecular weight is 322 g/mol. The molecule has 0 saturated heterocycles. The Hall–Kier alpha value is -2.88. The van der Waals surface area contributed by atoms with Crippen molar-refractivity contribution in [3.8, 4) is 0 Å². The molecule has 2 rings (SSSR count). The van der Waals surface area contributed by atoms with E-state index in [4.69, 9.17) is 0 Å². The van der Waals surface area contributed by atoms with Crippen LogP contribution in [0.15, 0.2) is 54.6 Å². The van der Waals surface area contributed by atoms with Crippen LogP contribution in [0.3, 0.4) is 0 Å². The summed E-state index contributed by atoms with van der Waals surface area (Å²) in [6, 6.07) is 15.2. The first-order valence-corrected chi connectivity index (χ1v) is 7.87. The highest BCUT2D eigenvalue weighted by Crippen LogP contribution is 2.17. The molecular formula is C20H22N2O2. The second-order valence-corrected chi connectivity index (χ2v) is 5.78. The Morgan fingerprint density at radius 1 is 1.08 bits per heavy atom. The fourth-order valence-corrected chi connectivity index (χ4v) is 2.38. The largest absolute Gasteiger partial charge is 0.346 e. The molecule has 0 fully saturated rings. The van der Waals surface area contributed by atoms with Crippen LogP contribution in [-0.4, -0.2) is 11.8 Å². The normalized spacial score (nSPS) is 12.0. The molecule has 0 radical (unpaired) electrons. The molecule has 1 atom stereocenters. The van der Waals surface area contributed by atoms with E-state index in [1.54, 1.807) is 6.08 Å². The fraction of sp³-hybridized carbons (Fsp3) is 0.200. The Morgan fingerprint density at radius 3 is 2.54 bits per heavy atom. The number of aryl methyl sites for hydroxylation is 1. The standard InChI is InChI=1S/C20H22N2O2/c1-14-6-4-7-17(12-14)10-11-20(24)21-15(2)18-8-5-9-19(13-18)22-16(3)23/h4-13,15H,1-3H3,(H,21,24)(H,22,23)/b11-10+. The van der Waals surface area contributed by atoms with Crippen molar-refractivity contribution in [1.29, 1.82) is 0 Å². The lowest BCUT2D eigenvalue weighted by molar-refractivity contribution is -0.117. The van der Waals surface area contributed by atoms with E-state index in [1.807, 2.05) is 62.4 Å². The molecule has 2 amide bonds. The zero-order chi connectivity index (χ0) is 17.5. The molecule has 24 heavy (non-hydrogen) atoms. The van der Waals surface area contributed by atoms with Crippen molar-refractivity contribution in [2.24, 2.45) is 0 Å². The van der Waals surface area contributed by atoms with E-state index < -0.39 is 0 Å². The Morgan fingerprint density at radius 2 is 1.83 bits per heavy atom. The highest BCUT2D eigenvalue weighted by molar-refractivity contribution is 5.92. The lowest BCUT2D eigenvalue weighted by atomic mass is 10.1. The number of hydrogen-bond acceptors (Lipinski definition) is 2. The third-order valence-electron chi connectivity index (χ3n) is 3.54. The molecule has 1 unspecified atom stereocenters. The maximum Gasteiger partial charge on any atom is 0.244 e. The predicted octanol–water partition coefficient (Wildman–Crippen LogP) is 3.84. The summed E-state index contributed by atoms with van der Waals surface area (Å²) in [4.78, 5) is 23.2. The number of carbonyl (C=O) groups is 2. The molecule has 0 aliphatic rings. The van der Waals surface area contributed by atoms with E-state index in [2.05, 4.69) is 10.6 Å². The second-order valence-electron chi connectivity index (χ2n) is 5.78. The molecule has 2 aromatic rings. The quantitative estimate of drug-likeness (QED) is 0.822. The molecular weight excluding hydrogens is 300 g/mol. The van der Waals surface area contributed by atoms with E-state index in [0.29, 0.717) is 0 Å². The number of nitrogens with one attached hydrogen (secondary N) is 2. The number of rotatable bonds is 5. The van der Waals surface area contributed by atoms with Crippen molar-refractivity contribution < 1.29 is 9.59 Å². The molecule has 0 spiro atoms. The van der Waals surface area contributed by atoms with Crippen LogP contribution < -0.4 is 10.6 Å². The third-order valence-corrected chi connectivity index (χ3v) is 3.54. The number of carbonyl (C=O) groups excluding carboxylic acids is 2. The minimum Gasteiger partial charge on any atom is -0.346 e. The Balaban J connectivity index is 1.99. The molecule has 2 aromatic carbocycles. The summed E-state index contributed by atoms with van der Waals surface area (Å²) < 4.78 is 0. The lowest BCUT2D eigenvalue weighted by Gasteiger charge is -2.14. The maximum absolute atomic E-state index is 12.1. The van der Waals surface area contributed by atoms with Gasteiger partial charge in [0, 0.05) is 18.7 Å². The van der Waals surface area contributed by atoms with Gasteiger partial charge in [0.05, 0.1) is 6.04 Å². The van der Waals surface area contributed by atoms with Crippen molar-refractivity contribution >= 4 is 23.6 Å². The van der Waals surface area contributed by atoms with Crippen LogP contribution in [0.4, 0.5) is 5.69 Å². The molecule has 0 aliphatic heterocycles. The molecule has 4 nitrogen and oxygen atoms in total. The number of anilines is 1. The summed E-state index contributed by atoms with van der Waals surface area (Å²) >= 11 is 0. The lowest BCUT2D eigenvalue weighted by Crippen LogP contribution is -2.24. The van der Waals surface area contributed by atoms with E-state index in [1.165, 1.54) is 13.0 Å². The van der Waals surface area contributed by atoms with Crippen LogP contribution >= 0.6 is 0 Å². The smallest absolute Gasteiger partial charge is 0.244 e. The summed E-state index contributed by atoms with van der Waals surface area (Å²) in [6.07, 6.45) is 3.33. The van der Waals surface area contributed by atoms with Gasteiger partial charge in [-0.05, 0) is 43.2 Å². The first kappa shape index (κ1) is 17.5. The molecule has 124 valence electrons. The van der Waals surface area contributed by atoms with E-state index in [0.717, 1.165) is 22.4 Å². The third kappa shape index (κ3) is 5.39. The number of amides is 2. The molecule has 0 aromatic heterocycles. The monoisotopic (exact) mass is 322 g/mol. The van der Waals surface area contributed by atoms with Crippen LogP contribution in [0.2, 0.25) is 0 Å². The van der Waals surface area contributed by atoms with E-state index in [9.17, 15) is 9.59 Å². The van der Waals surface area contributed by atoms with Crippen LogP contribution in [0.25, 0.3) is 6.08 Å². The molecule has 0 aliphatic carbocycles. The van der Waals surface area contributed by atoms with Gasteiger partial charge in [-0.25, -0.2) is 0 Å². The molecule has 0 saturated carbocycles. The van der Waals surface area contributed by atoms with E-state index >= 15 is 0 Å². The predicted molar refractivity (Wildman–Crippen MR) is 97.5 cm³/mol. The van der Waals surface area contributed by atoms with Gasteiger partial charge in [-0.15, -0.1) is 0 Å². The van der Waals surface area contributed by atoms with Gasteiger partial charge in [0.15, 0.2) is 0 Å². The number of benzene rings is 2. The van der Waals surface area contributed by atoms with Gasteiger partial charge in [-0.3, -0.25) is 9.59 Å². The Labute approximate surface area is 142 Å². The van der Waals surface area contributed by atoms with Gasteiger partial charge in [0.2, 0.25) is 11.8 Å². The first-order chi connectivity index (χ1) is 11.4. The highest BCUT2D eigenvalue weighted by atomic mass is 16.2. The summed E-state index contributed by atoms with van der Waals surface area (Å²) in [5, 5.41) is 5.66. The highest BCUT2D eigenvalue weighted by Gasteiger charge is 2.08. The van der Waals surface area contributed by atoms with Gasteiger partial charge in [0.1, 0.15) is 0 Å². The zero-order valence-electron chi connectivity index (χ0n) is 14.2. The summed E-state index contributed by atoms with van der Waals surface area (Å²) in [6.45, 7) is 5.39. The van der Waals surface area contributed by atoms with Gasteiger partial charge in [0.25, 0.3) is 0 Å². The fourth-order valence-electron chi connectivity index (χ4n) is 2.38. The molecule has 0 heterocycles. The summed E-state index contributed by atoms with van der Waals surface area (Å²) in [5.74, 6) is -0.279. The topological polar surface area (TPSA) is 58.2 Å². The zero-order valence-corrected chi connectivity index (χ0v) is 14.2. The minimum atomic E-state index is -0.159. The van der Waals surface area contributed by atoms with Crippen molar-refractivity contribution in [2.75, 3.05) is 5.32 Å². The SMILES string of the molecule is CC(=O)Nc1cccc(C(C)NC(=O)/C=C/c2cccc(C)c2)c1. The van der Waals surface area contributed by atoms with Crippen LogP contribution in [-0.2, 0) is 9.59 Å². The molecule has 0 bridgehead atoms. The molecule has 4 heteroatoms. The average Bonchev–Trinajstić information content (AvgIpc) is 2.52. The van der Waals surface area contributed by atoms with Crippen molar-refractivity contribution in [3.05, 3.63) is 71.3 Å². The molecule has 2 N–H and O–H groups in total. The van der Waals surface area contributed by atoms with Gasteiger partial charge in [-0.1, -0.05) is 42.0 Å². The Kier molecular flexibility index (Phi) is 5.90. The van der Waals surface area contributed by atoms with Crippen molar-refractivity contribution in [1.82, 2.24) is 5.32 Å². The second kappa shape index (κ2) is 8.11. The van der Waals surface area contributed by atoms with Gasteiger partial charge >= 0.3 is 0 Å². The van der Waals surface area contributed by atoms with Crippen molar-refractivity contribution in [3.63, 3.8) is 0 Å². The van der Waals surface area contributed by atoms with Crippen LogP contribution in [0.1, 0.15) is 36.6 Å². The van der Waals surface area contributed by atoms with Gasteiger partial charge < -0.3 is 10.6 Å². The first-order valence-electron chi connectivity index (χ1n) is 7.87. The van der Waals surface area contributed by atoms with Gasteiger partial charge in [-0.2, -0.15) is 0 Å². The number of hydrogen-bond donors (Lipinski definition) is 2. The van der Waals surface area contributed by atoms with Crippen LogP contribution in [0.5, 0.6) is 0 Å². The van der Waals surface area contributed by atoms with Crippen LogP contribution in [0, 0.1) is 6.92 Å². The Bertz CT molecular complexity index is 766.